The molecule has 0 N–H and O–H groups in total. The number of aromatic nitrogens is 2. The molecule has 0 radical (unpaired) electrons. The second-order valence-electron chi connectivity index (χ2n) is 7.70. The summed E-state index contributed by atoms with van der Waals surface area (Å²) < 4.78 is 17.8. The third-order valence-electron chi connectivity index (χ3n) is 5.47. The highest BCUT2D eigenvalue weighted by atomic mass is 35.5. The summed E-state index contributed by atoms with van der Waals surface area (Å²) in [5.74, 6) is -0.299. The molecule has 1 aromatic heterocycles. The van der Waals surface area contributed by atoms with Crippen LogP contribution in [-0.4, -0.2) is 51.2 Å². The minimum atomic E-state index is -0.235. The van der Waals surface area contributed by atoms with Crippen molar-refractivity contribution in [1.82, 2.24) is 20.1 Å². The van der Waals surface area contributed by atoms with Crippen molar-refractivity contribution >= 4 is 34.6 Å². The molecule has 0 bridgehead atoms. The molecule has 1 amide bonds. The van der Waals surface area contributed by atoms with Crippen LogP contribution in [0.5, 0.6) is 0 Å². The fourth-order valence-electron chi connectivity index (χ4n) is 3.76. The molecular formula is C22H22ClFN4O2. The Kier molecular flexibility index (Phi) is 5.83. The summed E-state index contributed by atoms with van der Waals surface area (Å²) in [6.45, 7) is 6.23. The quantitative estimate of drug-likeness (QED) is 0.584. The molecular weight excluding hydrogens is 407 g/mol. The number of nitrogens with zero attached hydrogens (tertiary/aromatic N) is 4. The monoisotopic (exact) mass is 428 g/mol. The van der Waals surface area contributed by atoms with Gasteiger partial charge in [-0.05, 0) is 65.6 Å². The Morgan fingerprint density at radius 1 is 1.17 bits per heavy atom. The van der Waals surface area contributed by atoms with E-state index in [-0.39, 0.29) is 23.8 Å². The molecule has 0 aliphatic carbocycles. The highest BCUT2D eigenvalue weighted by Crippen LogP contribution is 2.24. The zero-order valence-electron chi connectivity index (χ0n) is 16.8. The standard InChI is InChI=1S/C22H22ClFN4O2/c1-14-12-28(15(2)11-27(14)13-16-3-6-18(24)7-4-16)22(29)8-5-17-9-20-21(10-19(17)23)26-30-25-20/h3-10,14-15H,11-13H2,1-2H3/b8-5+/t14-,15+/m0/s1. The van der Waals surface area contributed by atoms with Gasteiger partial charge in [0, 0.05) is 37.8 Å². The molecule has 156 valence electrons. The Morgan fingerprint density at radius 2 is 1.87 bits per heavy atom. The Bertz CT molecular complexity index is 1080. The molecule has 0 saturated carbocycles. The van der Waals surface area contributed by atoms with Crippen molar-refractivity contribution in [2.45, 2.75) is 32.5 Å². The maximum absolute atomic E-state index is 13.1. The molecule has 1 fully saturated rings. The predicted molar refractivity (Wildman–Crippen MR) is 113 cm³/mol. The predicted octanol–water partition coefficient (Wildman–Crippen LogP) is 4.15. The van der Waals surface area contributed by atoms with Crippen LogP contribution in [0, 0.1) is 5.82 Å². The van der Waals surface area contributed by atoms with Gasteiger partial charge in [0.15, 0.2) is 0 Å². The molecule has 0 spiro atoms. The van der Waals surface area contributed by atoms with E-state index in [1.54, 1.807) is 36.4 Å². The maximum Gasteiger partial charge on any atom is 0.246 e. The van der Waals surface area contributed by atoms with E-state index in [1.165, 1.54) is 12.1 Å². The van der Waals surface area contributed by atoms with Gasteiger partial charge in [0.05, 0.1) is 5.02 Å². The number of hydrogen-bond donors (Lipinski definition) is 0. The third kappa shape index (κ3) is 4.37. The van der Waals surface area contributed by atoms with Gasteiger partial charge in [-0.25, -0.2) is 9.02 Å². The van der Waals surface area contributed by atoms with Crippen molar-refractivity contribution in [3.63, 3.8) is 0 Å². The van der Waals surface area contributed by atoms with E-state index < -0.39 is 0 Å². The highest BCUT2D eigenvalue weighted by molar-refractivity contribution is 6.32. The largest absolute Gasteiger partial charge is 0.334 e. The molecule has 4 rings (SSSR count). The van der Waals surface area contributed by atoms with E-state index in [0.717, 1.165) is 18.7 Å². The van der Waals surface area contributed by atoms with Crippen molar-refractivity contribution in [3.05, 3.63) is 64.4 Å². The number of piperazine rings is 1. The van der Waals surface area contributed by atoms with Crippen LogP contribution in [0.1, 0.15) is 25.0 Å². The summed E-state index contributed by atoms with van der Waals surface area (Å²) >= 11 is 6.27. The maximum atomic E-state index is 13.1. The van der Waals surface area contributed by atoms with Crippen LogP contribution in [0.25, 0.3) is 17.1 Å². The first-order valence-corrected chi connectivity index (χ1v) is 10.2. The van der Waals surface area contributed by atoms with Crippen LogP contribution in [0.4, 0.5) is 4.39 Å². The molecule has 6 nitrogen and oxygen atoms in total. The lowest BCUT2D eigenvalue weighted by Gasteiger charge is -2.44. The lowest BCUT2D eigenvalue weighted by atomic mass is 10.1. The van der Waals surface area contributed by atoms with Gasteiger partial charge in [0.25, 0.3) is 0 Å². The van der Waals surface area contributed by atoms with E-state index in [2.05, 4.69) is 22.1 Å². The van der Waals surface area contributed by atoms with Gasteiger partial charge in [0.1, 0.15) is 16.9 Å². The minimum absolute atomic E-state index is 0.0523. The van der Waals surface area contributed by atoms with E-state index in [0.29, 0.717) is 28.2 Å². The van der Waals surface area contributed by atoms with Gasteiger partial charge in [0.2, 0.25) is 5.91 Å². The van der Waals surface area contributed by atoms with E-state index in [1.807, 2.05) is 11.8 Å². The van der Waals surface area contributed by atoms with Crippen molar-refractivity contribution in [2.24, 2.45) is 0 Å². The average Bonchev–Trinajstić information content (AvgIpc) is 3.17. The van der Waals surface area contributed by atoms with Gasteiger partial charge >= 0.3 is 0 Å². The fraction of sp³-hybridized carbons (Fsp3) is 0.318. The third-order valence-corrected chi connectivity index (χ3v) is 5.80. The van der Waals surface area contributed by atoms with Crippen LogP contribution in [0.3, 0.4) is 0 Å². The number of fused-ring (bicyclic) bond motifs is 1. The number of hydrogen-bond acceptors (Lipinski definition) is 5. The van der Waals surface area contributed by atoms with Crippen LogP contribution in [0.2, 0.25) is 5.02 Å². The van der Waals surface area contributed by atoms with Crippen molar-refractivity contribution < 1.29 is 13.8 Å². The van der Waals surface area contributed by atoms with E-state index in [4.69, 9.17) is 16.2 Å². The van der Waals surface area contributed by atoms with E-state index in [9.17, 15) is 9.18 Å². The van der Waals surface area contributed by atoms with Crippen molar-refractivity contribution in [2.75, 3.05) is 13.1 Å². The minimum Gasteiger partial charge on any atom is -0.334 e. The number of amides is 1. The molecule has 2 heterocycles. The molecule has 2 aromatic carbocycles. The molecule has 30 heavy (non-hydrogen) atoms. The Morgan fingerprint density at radius 3 is 2.60 bits per heavy atom. The molecule has 1 saturated heterocycles. The SMILES string of the molecule is C[C@@H]1CN(Cc2ccc(F)cc2)[C@@H](C)CN1C(=O)/C=C/c1cc2nonc2cc1Cl. The molecule has 3 aromatic rings. The smallest absolute Gasteiger partial charge is 0.246 e. The molecule has 0 unspecified atom stereocenters. The summed E-state index contributed by atoms with van der Waals surface area (Å²) in [6.07, 6.45) is 3.24. The van der Waals surface area contributed by atoms with Crippen LogP contribution >= 0.6 is 11.6 Å². The number of halogens is 2. The van der Waals surface area contributed by atoms with Crippen molar-refractivity contribution in [1.29, 1.82) is 0 Å². The zero-order valence-corrected chi connectivity index (χ0v) is 17.5. The second kappa shape index (κ2) is 8.53. The summed E-state index contributed by atoms with van der Waals surface area (Å²) in [5, 5.41) is 8.04. The first-order chi connectivity index (χ1) is 14.4. The van der Waals surface area contributed by atoms with Crippen LogP contribution in [0.15, 0.2) is 47.1 Å². The Hall–Kier alpha value is -2.77. The first kappa shape index (κ1) is 20.5. The normalized spacial score (nSPS) is 20.3. The van der Waals surface area contributed by atoms with Gasteiger partial charge < -0.3 is 4.90 Å². The highest BCUT2D eigenvalue weighted by Gasteiger charge is 2.31. The first-order valence-electron chi connectivity index (χ1n) is 9.79. The zero-order chi connectivity index (χ0) is 21.3. The topological polar surface area (TPSA) is 62.5 Å². The number of carbonyl (C=O) groups is 1. The average molecular weight is 429 g/mol. The van der Waals surface area contributed by atoms with Crippen LogP contribution < -0.4 is 0 Å². The number of benzene rings is 2. The lowest BCUT2D eigenvalue weighted by molar-refractivity contribution is -0.131. The molecule has 1 aliphatic heterocycles. The fourth-order valence-corrected chi connectivity index (χ4v) is 3.98. The van der Waals surface area contributed by atoms with Gasteiger partial charge in [-0.2, -0.15) is 0 Å². The molecule has 8 heteroatoms. The Balaban J connectivity index is 1.42. The Labute approximate surface area is 178 Å². The molecule has 2 atom stereocenters. The number of rotatable bonds is 4. The van der Waals surface area contributed by atoms with Gasteiger partial charge in [-0.1, -0.05) is 23.7 Å². The van der Waals surface area contributed by atoms with Crippen molar-refractivity contribution in [3.8, 4) is 0 Å². The molecule has 1 aliphatic rings. The van der Waals surface area contributed by atoms with Gasteiger partial charge in [-0.15, -0.1) is 0 Å². The van der Waals surface area contributed by atoms with Crippen LogP contribution in [-0.2, 0) is 11.3 Å². The second-order valence-corrected chi connectivity index (χ2v) is 8.11. The number of carbonyl (C=O) groups excluding carboxylic acids is 1. The summed E-state index contributed by atoms with van der Waals surface area (Å²) in [6, 6.07) is 10.2. The lowest BCUT2D eigenvalue weighted by Crippen LogP contribution is -2.57. The summed E-state index contributed by atoms with van der Waals surface area (Å²) in [7, 11) is 0. The summed E-state index contributed by atoms with van der Waals surface area (Å²) in [4.78, 5) is 17.0. The van der Waals surface area contributed by atoms with Gasteiger partial charge in [-0.3, -0.25) is 9.69 Å². The summed E-state index contributed by atoms with van der Waals surface area (Å²) in [5.41, 5.74) is 2.90. The van der Waals surface area contributed by atoms with E-state index >= 15 is 0 Å².